The van der Waals surface area contributed by atoms with E-state index < -0.39 is 5.41 Å². The Morgan fingerprint density at radius 2 is 1.81 bits per heavy atom. The number of rotatable bonds is 4. The first-order valence-corrected chi connectivity index (χ1v) is 7.50. The van der Waals surface area contributed by atoms with Gasteiger partial charge in [0.05, 0.1) is 5.41 Å². The van der Waals surface area contributed by atoms with Crippen molar-refractivity contribution in [1.82, 2.24) is 0 Å². The van der Waals surface area contributed by atoms with Gasteiger partial charge in [0.1, 0.15) is 11.6 Å². The predicted octanol–water partition coefficient (Wildman–Crippen LogP) is 3.69. The number of allylic oxidation sites excluding steroid dienone is 3. The topological polar surface area (TPSA) is 34.1 Å². The van der Waals surface area contributed by atoms with Crippen molar-refractivity contribution in [2.75, 3.05) is 0 Å². The van der Waals surface area contributed by atoms with Crippen LogP contribution in [-0.2, 0) is 9.59 Å². The molecule has 1 fully saturated rings. The van der Waals surface area contributed by atoms with E-state index >= 15 is 0 Å². The van der Waals surface area contributed by atoms with E-state index in [9.17, 15) is 9.59 Å². The Kier molecular flexibility index (Phi) is 3.40. The third-order valence-corrected chi connectivity index (χ3v) is 5.07. The number of hydrogen-bond donors (Lipinski definition) is 0. The lowest BCUT2D eigenvalue weighted by Gasteiger charge is -2.13. The second-order valence-electron chi connectivity index (χ2n) is 6.12. The first-order chi connectivity index (χ1) is 10.1. The molecule has 0 spiro atoms. The molecule has 2 nitrogen and oxygen atoms in total. The maximum absolute atomic E-state index is 12.1. The van der Waals surface area contributed by atoms with Crippen LogP contribution in [0.25, 0.3) is 6.08 Å². The Balaban J connectivity index is 1.86. The number of Topliss-reactive ketones (excluding diaryl/α,β-unsaturated/α-hetero) is 2. The fourth-order valence-corrected chi connectivity index (χ4v) is 4.11. The zero-order valence-corrected chi connectivity index (χ0v) is 12.5. The van der Waals surface area contributed by atoms with Gasteiger partial charge in [-0.1, -0.05) is 54.6 Å². The van der Waals surface area contributed by atoms with Gasteiger partial charge in [0.15, 0.2) is 0 Å². The molecular formula is C19H20O2. The predicted molar refractivity (Wildman–Crippen MR) is 83.5 cm³/mol. The second-order valence-corrected chi connectivity index (χ2v) is 6.12. The highest BCUT2D eigenvalue weighted by molar-refractivity contribution is 6.09. The highest BCUT2D eigenvalue weighted by Gasteiger charge is 2.72. The SMILES string of the molecule is CC(=O)C1(C(C)=O)[C@H]2[C@@H](/C=C/c3ccccc3)C=CC[C@H]21. The summed E-state index contributed by atoms with van der Waals surface area (Å²) in [6, 6.07) is 10.1. The highest BCUT2D eigenvalue weighted by atomic mass is 16.2. The monoisotopic (exact) mass is 280 g/mol. The average molecular weight is 280 g/mol. The Morgan fingerprint density at radius 1 is 1.14 bits per heavy atom. The molecule has 1 aromatic rings. The smallest absolute Gasteiger partial charge is 0.143 e. The summed E-state index contributed by atoms with van der Waals surface area (Å²) in [6.07, 6.45) is 9.33. The fraction of sp³-hybridized carbons (Fsp3) is 0.368. The highest BCUT2D eigenvalue weighted by Crippen LogP contribution is 2.67. The minimum atomic E-state index is -0.727. The normalized spacial score (nSPS) is 29.1. The molecule has 21 heavy (non-hydrogen) atoms. The van der Waals surface area contributed by atoms with E-state index in [0.717, 1.165) is 12.0 Å². The maximum Gasteiger partial charge on any atom is 0.143 e. The van der Waals surface area contributed by atoms with Gasteiger partial charge < -0.3 is 0 Å². The van der Waals surface area contributed by atoms with E-state index in [4.69, 9.17) is 0 Å². The summed E-state index contributed by atoms with van der Waals surface area (Å²) in [5.74, 6) is 0.593. The third kappa shape index (κ3) is 2.10. The van der Waals surface area contributed by atoms with Crippen molar-refractivity contribution in [3.8, 4) is 0 Å². The van der Waals surface area contributed by atoms with Crippen LogP contribution >= 0.6 is 0 Å². The number of benzene rings is 1. The van der Waals surface area contributed by atoms with E-state index in [1.807, 2.05) is 18.2 Å². The molecular weight excluding hydrogens is 260 g/mol. The summed E-state index contributed by atoms with van der Waals surface area (Å²) in [5, 5.41) is 0. The minimum Gasteiger partial charge on any atom is -0.299 e. The van der Waals surface area contributed by atoms with Crippen molar-refractivity contribution < 1.29 is 9.59 Å². The van der Waals surface area contributed by atoms with Crippen LogP contribution in [0.5, 0.6) is 0 Å². The first-order valence-electron chi connectivity index (χ1n) is 7.50. The lowest BCUT2D eigenvalue weighted by molar-refractivity contribution is -0.133. The molecule has 0 radical (unpaired) electrons. The Morgan fingerprint density at radius 3 is 2.43 bits per heavy atom. The molecule has 0 N–H and O–H groups in total. The third-order valence-electron chi connectivity index (χ3n) is 5.07. The van der Waals surface area contributed by atoms with Gasteiger partial charge in [-0.2, -0.15) is 0 Å². The first kappa shape index (κ1) is 14.0. The lowest BCUT2D eigenvalue weighted by atomic mass is 9.88. The van der Waals surface area contributed by atoms with Crippen LogP contribution in [0.2, 0.25) is 0 Å². The van der Waals surface area contributed by atoms with Crippen LogP contribution in [0.4, 0.5) is 0 Å². The van der Waals surface area contributed by atoms with Crippen molar-refractivity contribution in [1.29, 1.82) is 0 Å². The molecule has 2 heteroatoms. The molecule has 0 bridgehead atoms. The van der Waals surface area contributed by atoms with Crippen molar-refractivity contribution in [3.05, 3.63) is 54.1 Å². The van der Waals surface area contributed by atoms with Crippen LogP contribution < -0.4 is 0 Å². The van der Waals surface area contributed by atoms with Gasteiger partial charge in [-0.25, -0.2) is 0 Å². The zero-order chi connectivity index (χ0) is 15.0. The van der Waals surface area contributed by atoms with Crippen LogP contribution in [0.15, 0.2) is 48.6 Å². The fourth-order valence-electron chi connectivity index (χ4n) is 4.11. The van der Waals surface area contributed by atoms with Gasteiger partial charge in [-0.05, 0) is 43.6 Å². The van der Waals surface area contributed by atoms with Crippen molar-refractivity contribution in [2.45, 2.75) is 20.3 Å². The van der Waals surface area contributed by atoms with E-state index in [1.165, 1.54) is 0 Å². The van der Waals surface area contributed by atoms with Crippen molar-refractivity contribution in [3.63, 3.8) is 0 Å². The number of carbonyl (C=O) groups excluding carboxylic acids is 2. The average Bonchev–Trinajstić information content (AvgIpc) is 3.17. The maximum atomic E-state index is 12.1. The van der Waals surface area contributed by atoms with E-state index in [2.05, 4.69) is 36.4 Å². The standard InChI is InChI=1S/C19H20O2/c1-13(20)19(14(2)21)17-10-6-9-16(18(17)19)12-11-15-7-4-3-5-8-15/h3-9,11-12,16-18H,10H2,1-2H3/b12-11+/t16-,17-,18+/m1/s1. The summed E-state index contributed by atoms with van der Waals surface area (Å²) in [6.45, 7) is 3.13. The zero-order valence-electron chi connectivity index (χ0n) is 12.5. The molecule has 0 unspecified atom stereocenters. The van der Waals surface area contributed by atoms with Crippen molar-refractivity contribution in [2.24, 2.45) is 23.2 Å². The van der Waals surface area contributed by atoms with Gasteiger partial charge in [0.2, 0.25) is 0 Å². The lowest BCUT2D eigenvalue weighted by Crippen LogP contribution is -2.26. The molecule has 0 heterocycles. The number of ketones is 2. The summed E-state index contributed by atoms with van der Waals surface area (Å²) >= 11 is 0. The van der Waals surface area contributed by atoms with Crippen LogP contribution in [0.3, 0.4) is 0 Å². The van der Waals surface area contributed by atoms with Gasteiger partial charge in [0.25, 0.3) is 0 Å². The molecule has 1 saturated carbocycles. The summed E-state index contributed by atoms with van der Waals surface area (Å²) < 4.78 is 0. The molecule has 2 aliphatic rings. The molecule has 1 aromatic carbocycles. The molecule has 2 aliphatic carbocycles. The molecule has 108 valence electrons. The molecule has 0 amide bonds. The molecule has 0 aliphatic heterocycles. The molecule has 3 rings (SSSR count). The number of fused-ring (bicyclic) bond motifs is 1. The summed E-state index contributed by atoms with van der Waals surface area (Å²) in [5.41, 5.74) is 0.416. The largest absolute Gasteiger partial charge is 0.299 e. The minimum absolute atomic E-state index is 0.0341. The van der Waals surface area contributed by atoms with Crippen LogP contribution in [0.1, 0.15) is 25.8 Å². The molecule has 0 aromatic heterocycles. The summed E-state index contributed by atoms with van der Waals surface area (Å²) in [4.78, 5) is 24.2. The Labute approximate surface area is 125 Å². The van der Waals surface area contributed by atoms with Gasteiger partial charge in [-0.3, -0.25) is 9.59 Å². The molecule has 0 saturated heterocycles. The quantitative estimate of drug-likeness (QED) is 0.622. The van der Waals surface area contributed by atoms with E-state index in [0.29, 0.717) is 0 Å². The Bertz CT molecular complexity index is 610. The summed E-state index contributed by atoms with van der Waals surface area (Å²) in [7, 11) is 0. The van der Waals surface area contributed by atoms with E-state index in [-0.39, 0.29) is 29.3 Å². The van der Waals surface area contributed by atoms with Gasteiger partial charge in [0, 0.05) is 0 Å². The van der Waals surface area contributed by atoms with Crippen molar-refractivity contribution >= 4 is 17.6 Å². The number of hydrogen-bond acceptors (Lipinski definition) is 2. The Hall–Kier alpha value is -1.96. The number of carbonyl (C=O) groups is 2. The van der Waals surface area contributed by atoms with Gasteiger partial charge >= 0.3 is 0 Å². The van der Waals surface area contributed by atoms with Crippen LogP contribution in [-0.4, -0.2) is 11.6 Å². The van der Waals surface area contributed by atoms with Crippen LogP contribution in [0, 0.1) is 23.2 Å². The molecule has 3 atom stereocenters. The van der Waals surface area contributed by atoms with E-state index in [1.54, 1.807) is 13.8 Å². The van der Waals surface area contributed by atoms with Gasteiger partial charge in [-0.15, -0.1) is 0 Å². The second kappa shape index (κ2) is 5.10.